The van der Waals surface area contributed by atoms with E-state index in [-0.39, 0.29) is 22.6 Å². The lowest BCUT2D eigenvalue weighted by atomic mass is 9.99. The van der Waals surface area contributed by atoms with Gasteiger partial charge in [0.15, 0.2) is 11.9 Å². The zero-order valence-corrected chi connectivity index (χ0v) is 24.2. The fraction of sp³-hybridized carbons (Fsp3) is 0.462. The Labute approximate surface area is 244 Å². The first-order valence-electron chi connectivity index (χ1n) is 12.9. The second-order valence-electron chi connectivity index (χ2n) is 10.4. The van der Waals surface area contributed by atoms with Crippen molar-refractivity contribution in [3.63, 3.8) is 0 Å². The van der Waals surface area contributed by atoms with Gasteiger partial charge in [0.25, 0.3) is 0 Å². The number of nitrogens with zero attached hydrogens (tertiary/aromatic N) is 7. The molecule has 0 bridgehead atoms. The summed E-state index contributed by atoms with van der Waals surface area (Å²) in [6.07, 6.45) is 0.709. The smallest absolute Gasteiger partial charge is 0.436 e. The number of quaternary nitrogens is 1. The molecular weight excluding hydrogens is 586 g/mol. The van der Waals surface area contributed by atoms with Crippen LogP contribution < -0.4 is 9.64 Å². The number of anilines is 1. The summed E-state index contributed by atoms with van der Waals surface area (Å²) in [5, 5.41) is 3.36. The minimum Gasteiger partial charge on any atom is -0.495 e. The van der Waals surface area contributed by atoms with Crippen LogP contribution in [0.4, 0.5) is 18.9 Å². The molecule has 1 aromatic carbocycles. The molecule has 0 N–H and O–H groups in total. The Bertz CT molecular complexity index is 1480. The molecule has 2 aliphatic heterocycles. The van der Waals surface area contributed by atoms with Gasteiger partial charge in [-0.3, -0.25) is 9.48 Å². The van der Waals surface area contributed by atoms with Gasteiger partial charge < -0.3 is 19.1 Å². The number of methoxy groups -OCH3 is 1. The van der Waals surface area contributed by atoms with E-state index in [9.17, 15) is 22.8 Å². The monoisotopic (exact) mass is 614 g/mol. The van der Waals surface area contributed by atoms with E-state index < -0.39 is 35.5 Å². The zero-order valence-electron chi connectivity index (χ0n) is 22.7. The largest absolute Gasteiger partial charge is 0.495 e. The highest BCUT2D eigenvalue weighted by Gasteiger charge is 2.52. The summed E-state index contributed by atoms with van der Waals surface area (Å²) in [6.45, 7) is 2.95. The molecule has 2 unspecified atom stereocenters. The van der Waals surface area contributed by atoms with Crippen molar-refractivity contribution in [1.82, 2.24) is 24.2 Å². The molecule has 5 rings (SSSR count). The Morgan fingerprint density at radius 1 is 1.24 bits per heavy atom. The molecular formula is C26H29Cl2F3N7O3+. The minimum absolute atomic E-state index is 0.0149. The number of aryl methyl sites for hydroxylation is 1. The van der Waals surface area contributed by atoms with Gasteiger partial charge in [0, 0.05) is 44.5 Å². The topological polar surface area (TPSA) is 85.5 Å². The van der Waals surface area contributed by atoms with E-state index in [1.807, 2.05) is 17.8 Å². The molecule has 41 heavy (non-hydrogen) atoms. The van der Waals surface area contributed by atoms with Crippen molar-refractivity contribution in [2.24, 2.45) is 0 Å². The molecule has 2 atom stereocenters. The number of hydrogen-bond acceptors (Lipinski definition) is 6. The first kappa shape index (κ1) is 29.2. The number of carbonyl (C=O) groups is 2. The lowest BCUT2D eigenvalue weighted by molar-refractivity contribution is -0.856. The van der Waals surface area contributed by atoms with Crippen LogP contribution in [0.2, 0.25) is 10.0 Å². The Morgan fingerprint density at radius 3 is 2.63 bits per heavy atom. The van der Waals surface area contributed by atoms with Crippen molar-refractivity contribution >= 4 is 40.7 Å². The summed E-state index contributed by atoms with van der Waals surface area (Å²) in [7, 11) is 3.34. The van der Waals surface area contributed by atoms with E-state index in [0.29, 0.717) is 54.6 Å². The number of fused-ring (bicyclic) bond motifs is 3. The Kier molecular flexibility index (Phi) is 7.72. The van der Waals surface area contributed by atoms with Gasteiger partial charge in [-0.15, -0.1) is 0 Å². The van der Waals surface area contributed by atoms with Gasteiger partial charge in [0.1, 0.15) is 17.9 Å². The number of benzene rings is 1. The summed E-state index contributed by atoms with van der Waals surface area (Å²) < 4.78 is 48.2. The predicted molar refractivity (Wildman–Crippen MR) is 145 cm³/mol. The van der Waals surface area contributed by atoms with Gasteiger partial charge in [-0.05, 0) is 13.0 Å². The number of aromatic nitrogens is 4. The van der Waals surface area contributed by atoms with Crippen LogP contribution in [0.3, 0.4) is 0 Å². The third kappa shape index (κ3) is 5.26. The number of ether oxygens (including phenoxy) is 1. The SMILES string of the molecule is COc1cc2c(cc1Cl)C(=O)[N+](C)(CCCn1ccnc1)C1CN(C(=O)Cn3nc(C(F)(F)F)c(Cl)c3C)CCN21. The standard InChI is InChI=1S/C26H29Cl2F3N7O3/c1-16-23(28)24(26(29,30)31)33-37(16)14-22(39)35-8-9-36-19-12-20(41-3)18(27)11-17(19)25(40)38(2,21(36)13-35)10-4-6-34-7-5-32-15-34/h5,7,11-12,15,21H,4,6,8-10,13-14H2,1-3H3/q+1. The molecule has 2 amide bonds. The number of likely N-dealkylation sites (N-methyl/N-ethyl adjacent to an activating group) is 1. The maximum atomic E-state index is 14.1. The maximum Gasteiger partial charge on any atom is 0.436 e. The van der Waals surface area contributed by atoms with Crippen molar-refractivity contribution in [2.75, 3.05) is 45.2 Å². The Balaban J connectivity index is 1.44. The lowest BCUT2D eigenvalue weighted by Gasteiger charge is -2.53. The quantitative estimate of drug-likeness (QED) is 0.373. The molecule has 0 spiro atoms. The second-order valence-corrected chi connectivity index (χ2v) is 11.2. The van der Waals surface area contributed by atoms with Crippen LogP contribution in [-0.2, 0) is 24.1 Å². The number of hydrogen-bond donors (Lipinski definition) is 0. The predicted octanol–water partition coefficient (Wildman–Crippen LogP) is 4.09. The fourth-order valence-electron chi connectivity index (χ4n) is 5.62. The molecule has 1 fully saturated rings. The molecule has 0 saturated carbocycles. The van der Waals surface area contributed by atoms with Crippen LogP contribution in [-0.4, -0.2) is 87.0 Å². The summed E-state index contributed by atoms with van der Waals surface area (Å²) in [6, 6.07) is 3.36. The molecule has 1 saturated heterocycles. The van der Waals surface area contributed by atoms with Gasteiger partial charge in [0.2, 0.25) is 5.91 Å². The minimum atomic E-state index is -4.74. The van der Waals surface area contributed by atoms with E-state index in [4.69, 9.17) is 27.9 Å². The first-order chi connectivity index (χ1) is 19.3. The summed E-state index contributed by atoms with van der Waals surface area (Å²) in [4.78, 5) is 35.2. The Morgan fingerprint density at radius 2 is 2.00 bits per heavy atom. The number of imidazole rings is 1. The highest BCUT2D eigenvalue weighted by Crippen LogP contribution is 2.42. The second kappa shape index (κ2) is 10.8. The zero-order chi connectivity index (χ0) is 29.7. The van der Waals surface area contributed by atoms with Crippen LogP contribution in [0, 0.1) is 6.92 Å². The summed E-state index contributed by atoms with van der Waals surface area (Å²) in [5.41, 5.74) is -0.0307. The molecule has 15 heteroatoms. The van der Waals surface area contributed by atoms with Crippen LogP contribution in [0.5, 0.6) is 5.75 Å². The lowest BCUT2D eigenvalue weighted by Crippen LogP contribution is -2.72. The number of alkyl halides is 3. The number of piperazine rings is 1. The van der Waals surface area contributed by atoms with Gasteiger partial charge in [0.05, 0.1) is 55.0 Å². The molecule has 4 heterocycles. The van der Waals surface area contributed by atoms with E-state index in [0.717, 1.165) is 4.68 Å². The van der Waals surface area contributed by atoms with Crippen LogP contribution >= 0.6 is 23.2 Å². The van der Waals surface area contributed by atoms with E-state index in [1.165, 1.54) is 14.0 Å². The normalized spacial score (nSPS) is 20.7. The van der Waals surface area contributed by atoms with Crippen LogP contribution in [0.1, 0.15) is 28.2 Å². The summed E-state index contributed by atoms with van der Waals surface area (Å²) in [5.74, 6) is -0.133. The van der Waals surface area contributed by atoms with Crippen LogP contribution in [0.15, 0.2) is 30.9 Å². The van der Waals surface area contributed by atoms with Gasteiger partial charge >= 0.3 is 12.1 Å². The molecule has 220 valence electrons. The van der Waals surface area contributed by atoms with Crippen molar-refractivity contribution < 1.29 is 32.0 Å². The van der Waals surface area contributed by atoms with Crippen molar-refractivity contribution in [2.45, 2.75) is 38.8 Å². The molecule has 10 nitrogen and oxygen atoms in total. The van der Waals surface area contributed by atoms with Crippen LogP contribution in [0.25, 0.3) is 0 Å². The highest BCUT2D eigenvalue weighted by molar-refractivity contribution is 6.32. The molecule has 2 aliphatic rings. The first-order valence-corrected chi connectivity index (χ1v) is 13.7. The maximum absolute atomic E-state index is 14.1. The third-order valence-corrected chi connectivity index (χ3v) is 8.67. The third-order valence-electron chi connectivity index (χ3n) is 7.92. The Hall–Kier alpha value is -3.29. The van der Waals surface area contributed by atoms with Gasteiger partial charge in [-0.2, -0.15) is 18.3 Å². The number of rotatable bonds is 7. The van der Waals surface area contributed by atoms with Crippen molar-refractivity contribution in [3.05, 3.63) is 57.9 Å². The van der Waals surface area contributed by atoms with Crippen molar-refractivity contribution in [3.8, 4) is 5.75 Å². The average Bonchev–Trinajstić information content (AvgIpc) is 3.55. The number of carbonyl (C=O) groups excluding carboxylic acids is 2. The number of amides is 2. The highest BCUT2D eigenvalue weighted by atomic mass is 35.5. The summed E-state index contributed by atoms with van der Waals surface area (Å²) >= 11 is 12.3. The van der Waals surface area contributed by atoms with E-state index in [2.05, 4.69) is 15.0 Å². The van der Waals surface area contributed by atoms with E-state index in [1.54, 1.807) is 29.6 Å². The average molecular weight is 615 g/mol. The van der Waals surface area contributed by atoms with Crippen molar-refractivity contribution in [1.29, 1.82) is 0 Å². The number of halogens is 5. The van der Waals surface area contributed by atoms with Gasteiger partial charge in [-0.1, -0.05) is 23.2 Å². The molecule has 3 aromatic rings. The van der Waals surface area contributed by atoms with E-state index >= 15 is 0 Å². The molecule has 0 radical (unpaired) electrons. The fourth-order valence-corrected chi connectivity index (χ4v) is 6.10. The van der Waals surface area contributed by atoms with Gasteiger partial charge in [-0.25, -0.2) is 14.3 Å². The molecule has 2 aromatic heterocycles. The molecule has 0 aliphatic carbocycles.